The second-order valence-corrected chi connectivity index (χ2v) is 12.7. The number of rotatable bonds is 9. The Kier molecular flexibility index (Phi) is 7.82. The molecule has 35 heavy (non-hydrogen) atoms. The Bertz CT molecular complexity index is 1320. The molecule has 0 aliphatic carbocycles. The molecule has 0 spiro atoms. The number of halogens is 2. The number of nitrogens with zero attached hydrogens (tertiary/aromatic N) is 5. The topological polar surface area (TPSA) is 182 Å². The van der Waals surface area contributed by atoms with Crippen LogP contribution in [0.4, 0.5) is 5.82 Å². The zero-order valence-electron chi connectivity index (χ0n) is 18.2. The van der Waals surface area contributed by atoms with Crippen LogP contribution in [0.25, 0.3) is 11.2 Å². The van der Waals surface area contributed by atoms with E-state index < -0.39 is 33.4 Å². The number of aromatic nitrogens is 5. The lowest BCUT2D eigenvalue weighted by atomic mass is 10.1. The summed E-state index contributed by atoms with van der Waals surface area (Å²) in [4.78, 5) is 35.9. The molecule has 4 N–H and O–H groups in total. The molecule has 4 rings (SSSR count). The van der Waals surface area contributed by atoms with Gasteiger partial charge < -0.3 is 29.3 Å². The molecule has 1 fully saturated rings. The molecular weight excluding hydrogens is 545 g/mol. The average Bonchev–Trinajstić information content (AvgIpc) is 3.37. The Hall–Kier alpha value is -1.66. The highest BCUT2D eigenvalue weighted by molar-refractivity contribution is 7.70. The quantitative estimate of drug-likeness (QED) is 0.218. The molecule has 1 aliphatic rings. The van der Waals surface area contributed by atoms with E-state index in [1.165, 1.54) is 4.68 Å². The fourth-order valence-electron chi connectivity index (χ4n) is 3.67. The van der Waals surface area contributed by atoms with Crippen molar-refractivity contribution in [2.75, 3.05) is 17.8 Å². The second kappa shape index (κ2) is 10.4. The van der Waals surface area contributed by atoms with Crippen LogP contribution in [0.5, 0.6) is 0 Å². The van der Waals surface area contributed by atoms with Crippen molar-refractivity contribution in [3.8, 4) is 0 Å². The Morgan fingerprint density at radius 1 is 1.23 bits per heavy atom. The summed E-state index contributed by atoms with van der Waals surface area (Å²) < 4.78 is 35.0. The summed E-state index contributed by atoms with van der Waals surface area (Å²) in [7, 11) is -9.19. The molecule has 4 atom stereocenters. The molecular formula is C18H22Cl2N6O7P2. The van der Waals surface area contributed by atoms with Crippen LogP contribution in [0, 0.1) is 0 Å². The number of anilines is 1. The third-order valence-electron chi connectivity index (χ3n) is 5.20. The van der Waals surface area contributed by atoms with Gasteiger partial charge in [0.1, 0.15) is 0 Å². The van der Waals surface area contributed by atoms with Crippen molar-refractivity contribution in [3.05, 3.63) is 40.1 Å². The molecule has 0 bridgehead atoms. The predicted octanol–water partition coefficient (Wildman–Crippen LogP) is 3.72. The molecule has 1 unspecified atom stereocenters. The molecule has 190 valence electrons. The normalized spacial score (nSPS) is 21.2. The van der Waals surface area contributed by atoms with Crippen molar-refractivity contribution in [1.82, 2.24) is 25.0 Å². The number of hydrogen-bond donors (Lipinski definition) is 4. The first-order valence-electron chi connectivity index (χ1n) is 10.4. The standard InChI is InChI=1S/C18H22Cl2N6O7P2/c1-10(12-4-2-3-5-13(12)19)21-16-15-17(23-18(20)22-16)26(25-24-15)14-7-6-11(33-14)8-32-35(30,31)9-34(27,28)29/h2-5,10-11,14H,6-9H2,1H3,(H,30,31)(H,21,22,23)(H2,27,28,29)/t10-,11-,14+/m0/s1. The number of fused-ring (bicyclic) bond motifs is 1. The number of nitrogens with one attached hydrogen (secondary N) is 1. The first kappa shape index (κ1) is 26.4. The molecule has 0 saturated carbocycles. The van der Waals surface area contributed by atoms with E-state index in [9.17, 15) is 14.0 Å². The van der Waals surface area contributed by atoms with E-state index in [-0.39, 0.29) is 17.9 Å². The second-order valence-electron chi connectivity index (χ2n) is 7.96. The third-order valence-corrected chi connectivity index (χ3v) is 9.17. The van der Waals surface area contributed by atoms with Crippen LogP contribution in [0.15, 0.2) is 24.3 Å². The summed E-state index contributed by atoms with van der Waals surface area (Å²) in [5.41, 5.74) is 1.53. The van der Waals surface area contributed by atoms with Crippen LogP contribution in [0.1, 0.15) is 37.6 Å². The lowest BCUT2D eigenvalue weighted by molar-refractivity contribution is -0.0239. The van der Waals surface area contributed by atoms with Crippen molar-refractivity contribution in [2.45, 2.75) is 38.1 Å². The maximum absolute atomic E-state index is 11.9. The van der Waals surface area contributed by atoms with Crippen molar-refractivity contribution < 1.29 is 33.1 Å². The highest BCUT2D eigenvalue weighted by Gasteiger charge is 2.35. The van der Waals surface area contributed by atoms with Crippen LogP contribution in [-0.2, 0) is 18.4 Å². The van der Waals surface area contributed by atoms with Crippen molar-refractivity contribution in [2.24, 2.45) is 0 Å². The molecule has 1 aromatic carbocycles. The Labute approximate surface area is 209 Å². The summed E-state index contributed by atoms with van der Waals surface area (Å²) >= 11 is 12.5. The molecule has 3 aromatic rings. The summed E-state index contributed by atoms with van der Waals surface area (Å²) in [5.74, 6) is -0.906. The molecule has 3 heterocycles. The number of benzene rings is 1. The van der Waals surface area contributed by atoms with Gasteiger partial charge in [0.25, 0.3) is 0 Å². The largest absolute Gasteiger partial charge is 0.361 e. The average molecular weight is 567 g/mol. The van der Waals surface area contributed by atoms with E-state index in [1.807, 2.05) is 25.1 Å². The lowest BCUT2D eigenvalue weighted by Gasteiger charge is -2.17. The fourth-order valence-corrected chi connectivity index (χ4v) is 6.72. The van der Waals surface area contributed by atoms with E-state index in [1.54, 1.807) is 6.07 Å². The highest BCUT2D eigenvalue weighted by Crippen LogP contribution is 2.55. The monoisotopic (exact) mass is 566 g/mol. The highest BCUT2D eigenvalue weighted by atomic mass is 35.5. The van der Waals surface area contributed by atoms with Crippen LogP contribution < -0.4 is 5.32 Å². The smallest absolute Gasteiger partial charge is 0.340 e. The van der Waals surface area contributed by atoms with Crippen LogP contribution >= 0.6 is 38.4 Å². The number of hydrogen-bond acceptors (Lipinski definition) is 9. The molecule has 17 heteroatoms. The molecule has 1 aliphatic heterocycles. The molecule has 2 aromatic heterocycles. The Morgan fingerprint density at radius 2 is 1.97 bits per heavy atom. The van der Waals surface area contributed by atoms with E-state index in [2.05, 4.69) is 25.6 Å². The summed E-state index contributed by atoms with van der Waals surface area (Å²) in [6.45, 7) is 1.58. The Balaban J connectivity index is 1.48. The van der Waals surface area contributed by atoms with Crippen LogP contribution in [-0.4, -0.2) is 58.3 Å². The molecule has 0 amide bonds. The van der Waals surface area contributed by atoms with Gasteiger partial charge in [-0.15, -0.1) is 5.10 Å². The van der Waals surface area contributed by atoms with Gasteiger partial charge in [-0.1, -0.05) is 35.0 Å². The number of ether oxygens (including phenoxy) is 1. The van der Waals surface area contributed by atoms with Gasteiger partial charge in [0.2, 0.25) is 5.28 Å². The first-order valence-corrected chi connectivity index (χ1v) is 14.7. The minimum atomic E-state index is -4.71. The van der Waals surface area contributed by atoms with Crippen LogP contribution in [0.3, 0.4) is 0 Å². The minimum Gasteiger partial charge on any atom is -0.361 e. The van der Waals surface area contributed by atoms with E-state index in [4.69, 9.17) is 42.2 Å². The maximum atomic E-state index is 11.9. The van der Waals surface area contributed by atoms with Gasteiger partial charge >= 0.3 is 15.2 Å². The molecule has 1 saturated heterocycles. The van der Waals surface area contributed by atoms with E-state index in [0.717, 1.165) is 5.56 Å². The van der Waals surface area contributed by atoms with Gasteiger partial charge in [-0.3, -0.25) is 9.13 Å². The van der Waals surface area contributed by atoms with E-state index in [0.29, 0.717) is 34.8 Å². The summed E-state index contributed by atoms with van der Waals surface area (Å²) in [5, 5.41) is 12.1. The van der Waals surface area contributed by atoms with Gasteiger partial charge in [-0.05, 0) is 43.0 Å². The lowest BCUT2D eigenvalue weighted by Crippen LogP contribution is -2.17. The van der Waals surface area contributed by atoms with Gasteiger partial charge in [-0.2, -0.15) is 14.6 Å². The van der Waals surface area contributed by atoms with Gasteiger partial charge in [0.15, 0.2) is 29.1 Å². The van der Waals surface area contributed by atoms with Crippen molar-refractivity contribution in [3.63, 3.8) is 0 Å². The predicted molar refractivity (Wildman–Crippen MR) is 127 cm³/mol. The zero-order chi connectivity index (χ0) is 25.4. The van der Waals surface area contributed by atoms with Gasteiger partial charge in [0.05, 0.1) is 18.8 Å². The Morgan fingerprint density at radius 3 is 2.69 bits per heavy atom. The van der Waals surface area contributed by atoms with Gasteiger partial charge in [-0.25, -0.2) is 0 Å². The van der Waals surface area contributed by atoms with Crippen molar-refractivity contribution >= 4 is 55.4 Å². The SMILES string of the molecule is C[C@H](Nc1nc(Cl)nc2c1nnn2[C@H]1CC[C@@H](COP(=O)(O)CP(=O)(O)O)O1)c1ccccc1Cl. The van der Waals surface area contributed by atoms with Crippen molar-refractivity contribution in [1.29, 1.82) is 0 Å². The first-order chi connectivity index (χ1) is 16.4. The third kappa shape index (κ3) is 6.56. The molecule has 0 radical (unpaired) electrons. The minimum absolute atomic E-state index is 0.0357. The summed E-state index contributed by atoms with van der Waals surface area (Å²) in [6.07, 6.45) is -0.323. The maximum Gasteiger partial charge on any atom is 0.340 e. The van der Waals surface area contributed by atoms with Gasteiger partial charge in [0, 0.05) is 5.02 Å². The molecule has 13 nitrogen and oxygen atoms in total. The fraction of sp³-hybridized carbons (Fsp3) is 0.444. The van der Waals surface area contributed by atoms with E-state index >= 15 is 0 Å². The zero-order valence-corrected chi connectivity index (χ0v) is 21.5. The summed E-state index contributed by atoms with van der Waals surface area (Å²) in [6, 6.07) is 7.15. The van der Waals surface area contributed by atoms with Crippen LogP contribution in [0.2, 0.25) is 10.3 Å².